The van der Waals surface area contributed by atoms with E-state index in [9.17, 15) is 4.79 Å². The highest BCUT2D eigenvalue weighted by molar-refractivity contribution is 5.97. The molecule has 1 amide bonds. The number of nitrogens with one attached hydrogen (secondary N) is 1. The maximum Gasteiger partial charge on any atom is 0.241 e. The molecule has 0 unspecified atom stereocenters. The molecule has 22 heavy (non-hydrogen) atoms. The van der Waals surface area contributed by atoms with Crippen molar-refractivity contribution in [2.24, 2.45) is 0 Å². The molecule has 3 N–H and O–H groups in total. The highest BCUT2D eigenvalue weighted by atomic mass is 16.5. The second-order valence-corrected chi connectivity index (χ2v) is 4.91. The van der Waals surface area contributed by atoms with Crippen LogP contribution in [0.15, 0.2) is 24.3 Å². The zero-order valence-electron chi connectivity index (χ0n) is 12.5. The number of nitrogens with zero attached hydrogens (tertiary/aromatic N) is 3. The molecule has 0 spiro atoms. The Morgan fingerprint density at radius 3 is 2.95 bits per heavy atom. The molecule has 0 aliphatic heterocycles. The van der Waals surface area contributed by atoms with E-state index in [-0.39, 0.29) is 12.5 Å². The van der Waals surface area contributed by atoms with Gasteiger partial charge in [-0.05, 0) is 25.1 Å². The van der Waals surface area contributed by atoms with Gasteiger partial charge in [0.2, 0.25) is 5.91 Å². The molecule has 0 fully saturated rings. The number of anilines is 1. The smallest absolute Gasteiger partial charge is 0.241 e. The molecule has 0 bridgehead atoms. The van der Waals surface area contributed by atoms with Crippen LogP contribution in [0.4, 0.5) is 5.82 Å². The molecule has 7 heteroatoms. The van der Waals surface area contributed by atoms with Crippen LogP contribution in [0.3, 0.4) is 0 Å². The van der Waals surface area contributed by atoms with Crippen molar-refractivity contribution in [3.05, 3.63) is 24.3 Å². The minimum absolute atomic E-state index is 0.0873. The van der Waals surface area contributed by atoms with Gasteiger partial charge in [-0.1, -0.05) is 0 Å². The van der Waals surface area contributed by atoms with Crippen molar-refractivity contribution in [2.45, 2.75) is 13.5 Å². The van der Waals surface area contributed by atoms with E-state index in [1.54, 1.807) is 7.11 Å². The van der Waals surface area contributed by atoms with Crippen LogP contribution in [0.25, 0.3) is 21.9 Å². The Kier molecular flexibility index (Phi) is 3.54. The highest BCUT2D eigenvalue weighted by Gasteiger charge is 2.13. The lowest BCUT2D eigenvalue weighted by Crippen LogP contribution is -2.27. The van der Waals surface area contributed by atoms with Crippen LogP contribution < -0.4 is 15.8 Å². The normalized spacial score (nSPS) is 11.0. The molecule has 2 heterocycles. The van der Waals surface area contributed by atoms with Crippen molar-refractivity contribution in [1.82, 2.24) is 20.1 Å². The minimum atomic E-state index is -0.126. The average molecular weight is 299 g/mol. The van der Waals surface area contributed by atoms with Gasteiger partial charge in [0.05, 0.1) is 18.0 Å². The van der Waals surface area contributed by atoms with Gasteiger partial charge in [-0.3, -0.25) is 4.79 Å². The summed E-state index contributed by atoms with van der Waals surface area (Å²) in [5.74, 6) is 0.964. The Balaban J connectivity index is 2.13. The van der Waals surface area contributed by atoms with Crippen molar-refractivity contribution in [2.75, 3.05) is 19.4 Å². The number of nitrogen functional groups attached to an aromatic ring is 1. The van der Waals surface area contributed by atoms with Crippen LogP contribution in [-0.4, -0.2) is 34.3 Å². The number of rotatable bonds is 4. The molecule has 3 rings (SSSR count). The number of amides is 1. The summed E-state index contributed by atoms with van der Waals surface area (Å²) in [5, 5.41) is 8.63. The van der Waals surface area contributed by atoms with Gasteiger partial charge in [0.15, 0.2) is 11.5 Å². The average Bonchev–Trinajstić information content (AvgIpc) is 2.80. The van der Waals surface area contributed by atoms with E-state index in [2.05, 4.69) is 15.4 Å². The zero-order chi connectivity index (χ0) is 15.7. The molecule has 1 aromatic carbocycles. The van der Waals surface area contributed by atoms with Crippen LogP contribution in [0, 0.1) is 0 Å². The second kappa shape index (κ2) is 5.51. The molecule has 0 aliphatic carbocycles. The summed E-state index contributed by atoms with van der Waals surface area (Å²) in [7, 11) is 1.61. The first-order chi connectivity index (χ1) is 10.6. The third-order valence-electron chi connectivity index (χ3n) is 3.42. The largest absolute Gasteiger partial charge is 0.497 e. The Labute approximate surface area is 127 Å². The number of aromatic nitrogens is 3. The van der Waals surface area contributed by atoms with Crippen LogP contribution in [-0.2, 0) is 11.3 Å². The standard InChI is InChI=1S/C15H17N5O2/c1-3-17-13(21)8-20-15-11(14(16)19-20)6-9-4-5-10(22-2)7-12(9)18-15/h4-7H,3,8H2,1-2H3,(H2,16,19)(H,17,21). The number of fused-ring (bicyclic) bond motifs is 2. The van der Waals surface area contributed by atoms with Gasteiger partial charge >= 0.3 is 0 Å². The van der Waals surface area contributed by atoms with E-state index in [0.717, 1.165) is 22.0 Å². The molecule has 0 radical (unpaired) electrons. The van der Waals surface area contributed by atoms with Gasteiger partial charge in [-0.2, -0.15) is 5.10 Å². The highest BCUT2D eigenvalue weighted by Crippen LogP contribution is 2.26. The monoisotopic (exact) mass is 299 g/mol. The SMILES string of the molecule is CCNC(=O)Cn1nc(N)c2cc3ccc(OC)cc3nc21. The lowest BCUT2D eigenvalue weighted by atomic mass is 10.2. The molecule has 7 nitrogen and oxygen atoms in total. The number of ether oxygens (including phenoxy) is 1. The topological polar surface area (TPSA) is 95.1 Å². The lowest BCUT2D eigenvalue weighted by Gasteiger charge is -2.05. The Hall–Kier alpha value is -2.83. The number of benzene rings is 1. The number of carbonyl (C=O) groups excluding carboxylic acids is 1. The van der Waals surface area contributed by atoms with Crippen LogP contribution in [0.5, 0.6) is 5.75 Å². The minimum Gasteiger partial charge on any atom is -0.497 e. The van der Waals surface area contributed by atoms with E-state index in [1.807, 2.05) is 31.2 Å². The predicted molar refractivity (Wildman–Crippen MR) is 84.7 cm³/mol. The molecule has 2 aromatic heterocycles. The summed E-state index contributed by atoms with van der Waals surface area (Å²) >= 11 is 0. The van der Waals surface area contributed by atoms with Crippen LogP contribution in [0.2, 0.25) is 0 Å². The first-order valence-corrected chi connectivity index (χ1v) is 7.00. The van der Waals surface area contributed by atoms with Crippen LogP contribution in [0.1, 0.15) is 6.92 Å². The van der Waals surface area contributed by atoms with E-state index in [4.69, 9.17) is 10.5 Å². The number of likely N-dealkylation sites (N-methyl/N-ethyl adjacent to an activating group) is 1. The van der Waals surface area contributed by atoms with Crippen molar-refractivity contribution >= 4 is 33.7 Å². The third-order valence-corrected chi connectivity index (χ3v) is 3.42. The van der Waals surface area contributed by atoms with Crippen molar-refractivity contribution in [3.8, 4) is 5.75 Å². The summed E-state index contributed by atoms with van der Waals surface area (Å²) in [4.78, 5) is 16.3. The van der Waals surface area contributed by atoms with Gasteiger partial charge in [0.1, 0.15) is 12.3 Å². The van der Waals surface area contributed by atoms with Crippen LogP contribution >= 0.6 is 0 Å². The maximum atomic E-state index is 11.8. The Morgan fingerprint density at radius 1 is 1.41 bits per heavy atom. The quantitative estimate of drug-likeness (QED) is 0.757. The number of pyridine rings is 1. The number of hydrogen-bond donors (Lipinski definition) is 2. The molecule has 3 aromatic rings. The fourth-order valence-corrected chi connectivity index (χ4v) is 2.38. The van der Waals surface area contributed by atoms with E-state index >= 15 is 0 Å². The second-order valence-electron chi connectivity index (χ2n) is 4.91. The summed E-state index contributed by atoms with van der Waals surface area (Å²) in [6, 6.07) is 7.55. The summed E-state index contributed by atoms with van der Waals surface area (Å²) < 4.78 is 6.74. The molecule has 0 saturated heterocycles. The fourth-order valence-electron chi connectivity index (χ4n) is 2.38. The summed E-state index contributed by atoms with van der Waals surface area (Å²) in [6.45, 7) is 2.52. The number of carbonyl (C=O) groups is 1. The fraction of sp³-hybridized carbons (Fsp3) is 0.267. The van der Waals surface area contributed by atoms with Gasteiger partial charge in [-0.25, -0.2) is 9.67 Å². The van der Waals surface area contributed by atoms with Gasteiger partial charge in [-0.15, -0.1) is 0 Å². The number of hydrogen-bond acceptors (Lipinski definition) is 5. The van der Waals surface area contributed by atoms with Gasteiger partial charge in [0, 0.05) is 18.0 Å². The van der Waals surface area contributed by atoms with E-state index in [1.165, 1.54) is 4.68 Å². The van der Waals surface area contributed by atoms with Crippen molar-refractivity contribution in [1.29, 1.82) is 0 Å². The first kappa shape index (κ1) is 14.1. The van der Waals surface area contributed by atoms with Gasteiger partial charge < -0.3 is 15.8 Å². The maximum absolute atomic E-state index is 11.8. The lowest BCUT2D eigenvalue weighted by molar-refractivity contribution is -0.121. The van der Waals surface area contributed by atoms with E-state index in [0.29, 0.717) is 18.0 Å². The van der Waals surface area contributed by atoms with E-state index < -0.39 is 0 Å². The Bertz CT molecular complexity index is 856. The third kappa shape index (κ3) is 2.41. The number of methoxy groups -OCH3 is 1. The number of nitrogens with two attached hydrogens (primary N) is 1. The molecule has 114 valence electrons. The van der Waals surface area contributed by atoms with Crippen molar-refractivity contribution in [3.63, 3.8) is 0 Å². The summed E-state index contributed by atoms with van der Waals surface area (Å²) in [5.41, 5.74) is 7.30. The predicted octanol–water partition coefficient (Wildman–Crippen LogP) is 1.31. The Morgan fingerprint density at radius 2 is 2.23 bits per heavy atom. The molecule has 0 atom stereocenters. The molecule has 0 saturated carbocycles. The van der Waals surface area contributed by atoms with Crippen molar-refractivity contribution < 1.29 is 9.53 Å². The molecule has 0 aliphatic rings. The molecular weight excluding hydrogens is 282 g/mol. The first-order valence-electron chi connectivity index (χ1n) is 7.00. The summed E-state index contributed by atoms with van der Waals surface area (Å²) in [6.07, 6.45) is 0. The van der Waals surface area contributed by atoms with Gasteiger partial charge in [0.25, 0.3) is 0 Å². The zero-order valence-corrected chi connectivity index (χ0v) is 12.5. The molecular formula is C15H17N5O2.